The summed E-state index contributed by atoms with van der Waals surface area (Å²) in [5.74, 6) is 1.06. The Morgan fingerprint density at radius 2 is 2.11 bits per heavy atom. The van der Waals surface area contributed by atoms with E-state index in [-0.39, 0.29) is 4.93 Å². The Morgan fingerprint density at radius 1 is 1.32 bits per heavy atom. The quantitative estimate of drug-likeness (QED) is 0.836. The van der Waals surface area contributed by atoms with Gasteiger partial charge in [-0.25, -0.2) is 0 Å². The standard InChI is InChI=1S/C16H20O2S/c1-12-14(15(17)13-6-3-2-4-7-13)8-5-9-16(12)18-10-11-19-16/h2-4,6-7,15,17H,5,8-11H2,1H3/t15-,16-/m1/s1. The first kappa shape index (κ1) is 13.2. The van der Waals surface area contributed by atoms with Gasteiger partial charge in [0.05, 0.1) is 6.61 Å². The van der Waals surface area contributed by atoms with Gasteiger partial charge < -0.3 is 9.84 Å². The van der Waals surface area contributed by atoms with Crippen LogP contribution in [-0.2, 0) is 4.74 Å². The summed E-state index contributed by atoms with van der Waals surface area (Å²) in [5, 5.41) is 10.6. The van der Waals surface area contributed by atoms with Crippen molar-refractivity contribution in [3.8, 4) is 0 Å². The Hall–Kier alpha value is -0.770. The minimum Gasteiger partial charge on any atom is -0.384 e. The van der Waals surface area contributed by atoms with Gasteiger partial charge in [-0.15, -0.1) is 11.8 Å². The maximum absolute atomic E-state index is 10.6. The molecule has 102 valence electrons. The van der Waals surface area contributed by atoms with Gasteiger partial charge in [0.1, 0.15) is 11.0 Å². The monoisotopic (exact) mass is 276 g/mol. The van der Waals surface area contributed by atoms with E-state index in [2.05, 4.69) is 6.92 Å². The summed E-state index contributed by atoms with van der Waals surface area (Å²) in [4.78, 5) is -0.149. The van der Waals surface area contributed by atoms with Crippen molar-refractivity contribution in [1.82, 2.24) is 0 Å². The highest BCUT2D eigenvalue weighted by Gasteiger charge is 2.42. The van der Waals surface area contributed by atoms with Crippen LogP contribution in [0, 0.1) is 0 Å². The predicted octanol–water partition coefficient (Wildman–Crippen LogP) is 3.68. The van der Waals surface area contributed by atoms with Gasteiger partial charge in [0.25, 0.3) is 0 Å². The normalized spacial score (nSPS) is 28.9. The van der Waals surface area contributed by atoms with E-state index in [0.717, 1.165) is 42.8 Å². The molecule has 0 amide bonds. The molecule has 3 heteroatoms. The molecule has 1 fully saturated rings. The summed E-state index contributed by atoms with van der Waals surface area (Å²) in [6, 6.07) is 9.93. The van der Waals surface area contributed by atoms with Crippen molar-refractivity contribution in [2.75, 3.05) is 12.4 Å². The highest BCUT2D eigenvalue weighted by Crippen LogP contribution is 2.49. The van der Waals surface area contributed by atoms with Crippen LogP contribution >= 0.6 is 11.8 Å². The lowest BCUT2D eigenvalue weighted by molar-refractivity contribution is 0.0614. The molecule has 2 nitrogen and oxygen atoms in total. The molecule has 1 heterocycles. The van der Waals surface area contributed by atoms with Gasteiger partial charge in [0.2, 0.25) is 0 Å². The molecule has 1 saturated heterocycles. The first-order valence-corrected chi connectivity index (χ1v) is 7.92. The highest BCUT2D eigenvalue weighted by molar-refractivity contribution is 8.00. The van der Waals surface area contributed by atoms with E-state index in [4.69, 9.17) is 4.74 Å². The topological polar surface area (TPSA) is 29.5 Å². The van der Waals surface area contributed by atoms with Crippen molar-refractivity contribution in [3.05, 3.63) is 47.0 Å². The molecule has 1 aromatic rings. The molecule has 1 aromatic carbocycles. The highest BCUT2D eigenvalue weighted by atomic mass is 32.2. The largest absolute Gasteiger partial charge is 0.384 e. The number of benzene rings is 1. The molecule has 0 bridgehead atoms. The lowest BCUT2D eigenvalue weighted by Gasteiger charge is -2.36. The zero-order valence-electron chi connectivity index (χ0n) is 11.3. The number of hydrogen-bond acceptors (Lipinski definition) is 3. The van der Waals surface area contributed by atoms with Crippen LogP contribution in [0.4, 0.5) is 0 Å². The van der Waals surface area contributed by atoms with Crippen LogP contribution in [-0.4, -0.2) is 22.4 Å². The van der Waals surface area contributed by atoms with Crippen LogP contribution in [0.25, 0.3) is 0 Å². The third-order valence-electron chi connectivity index (χ3n) is 4.20. The molecule has 0 saturated carbocycles. The van der Waals surface area contributed by atoms with Gasteiger partial charge in [-0.3, -0.25) is 0 Å². The summed E-state index contributed by atoms with van der Waals surface area (Å²) < 4.78 is 6.00. The Bertz CT molecular complexity index is 475. The number of thioether (sulfide) groups is 1. The Balaban J connectivity index is 1.94. The third kappa shape index (κ3) is 2.35. The Labute approximate surface area is 118 Å². The molecule has 0 unspecified atom stereocenters. The molecule has 2 atom stereocenters. The summed E-state index contributed by atoms with van der Waals surface area (Å²) in [7, 11) is 0. The van der Waals surface area contributed by atoms with E-state index in [1.54, 1.807) is 0 Å². The molecule has 1 N–H and O–H groups in total. The van der Waals surface area contributed by atoms with Gasteiger partial charge >= 0.3 is 0 Å². The molecule has 0 aromatic heterocycles. The fourth-order valence-corrected chi connectivity index (χ4v) is 4.42. The minimum absolute atomic E-state index is 0.149. The summed E-state index contributed by atoms with van der Waals surface area (Å²) in [5.41, 5.74) is 3.39. The zero-order valence-corrected chi connectivity index (χ0v) is 12.1. The van der Waals surface area contributed by atoms with E-state index >= 15 is 0 Å². The van der Waals surface area contributed by atoms with E-state index in [1.807, 2.05) is 42.1 Å². The van der Waals surface area contributed by atoms with Crippen molar-refractivity contribution in [3.63, 3.8) is 0 Å². The molecule has 1 aliphatic heterocycles. The Morgan fingerprint density at radius 3 is 2.79 bits per heavy atom. The summed E-state index contributed by atoms with van der Waals surface area (Å²) >= 11 is 1.90. The molecular formula is C16H20O2S. The van der Waals surface area contributed by atoms with Crippen LogP contribution < -0.4 is 0 Å². The van der Waals surface area contributed by atoms with E-state index < -0.39 is 6.10 Å². The lowest BCUT2D eigenvalue weighted by Crippen LogP contribution is -2.31. The van der Waals surface area contributed by atoms with Gasteiger partial charge in [-0.05, 0) is 42.9 Å². The second-order valence-corrected chi connectivity index (χ2v) is 6.62. The van der Waals surface area contributed by atoms with Gasteiger partial charge in [-0.2, -0.15) is 0 Å². The van der Waals surface area contributed by atoms with Crippen LogP contribution in [0.5, 0.6) is 0 Å². The van der Waals surface area contributed by atoms with E-state index in [1.165, 1.54) is 5.57 Å². The number of hydrogen-bond donors (Lipinski definition) is 1. The van der Waals surface area contributed by atoms with Gasteiger partial charge in [0, 0.05) is 5.75 Å². The number of aliphatic hydroxyl groups is 1. The second-order valence-electron chi connectivity index (χ2n) is 5.27. The molecule has 1 spiro atoms. The number of rotatable bonds is 2. The van der Waals surface area contributed by atoms with Crippen LogP contribution in [0.3, 0.4) is 0 Å². The zero-order chi connectivity index (χ0) is 13.3. The molecule has 2 aliphatic rings. The minimum atomic E-state index is -0.483. The van der Waals surface area contributed by atoms with Crippen molar-refractivity contribution in [2.24, 2.45) is 0 Å². The second kappa shape index (κ2) is 5.31. The fourth-order valence-electron chi connectivity index (χ4n) is 3.13. The molecular weight excluding hydrogens is 256 g/mol. The first-order chi connectivity index (χ1) is 9.23. The maximum Gasteiger partial charge on any atom is 0.135 e. The van der Waals surface area contributed by atoms with Crippen molar-refractivity contribution < 1.29 is 9.84 Å². The van der Waals surface area contributed by atoms with Crippen LogP contribution in [0.15, 0.2) is 41.5 Å². The first-order valence-electron chi connectivity index (χ1n) is 6.94. The van der Waals surface area contributed by atoms with Gasteiger partial charge in [-0.1, -0.05) is 30.3 Å². The third-order valence-corrected chi connectivity index (χ3v) is 5.67. The summed E-state index contributed by atoms with van der Waals surface area (Å²) in [6.45, 7) is 2.97. The number of ether oxygens (including phenoxy) is 1. The SMILES string of the molecule is CC1=C([C@H](O)c2ccccc2)CCC[C@]12OCCS2. The van der Waals surface area contributed by atoms with Gasteiger partial charge in [0.15, 0.2) is 0 Å². The Kier molecular flexibility index (Phi) is 3.70. The molecule has 0 radical (unpaired) electrons. The van der Waals surface area contributed by atoms with E-state index in [0.29, 0.717) is 0 Å². The lowest BCUT2D eigenvalue weighted by atomic mass is 9.84. The number of aliphatic hydroxyl groups excluding tert-OH is 1. The smallest absolute Gasteiger partial charge is 0.135 e. The average Bonchev–Trinajstić information content (AvgIpc) is 2.92. The predicted molar refractivity (Wildman–Crippen MR) is 79.1 cm³/mol. The average molecular weight is 276 g/mol. The van der Waals surface area contributed by atoms with Crippen molar-refractivity contribution in [2.45, 2.75) is 37.2 Å². The van der Waals surface area contributed by atoms with Crippen molar-refractivity contribution in [1.29, 1.82) is 0 Å². The fraction of sp³-hybridized carbons (Fsp3) is 0.500. The molecule has 19 heavy (non-hydrogen) atoms. The van der Waals surface area contributed by atoms with Crippen molar-refractivity contribution >= 4 is 11.8 Å². The van der Waals surface area contributed by atoms with Crippen LogP contribution in [0.1, 0.15) is 37.9 Å². The molecule has 1 aliphatic carbocycles. The summed E-state index contributed by atoms with van der Waals surface area (Å²) in [6.07, 6.45) is 2.68. The maximum atomic E-state index is 10.6. The molecule has 3 rings (SSSR count). The van der Waals surface area contributed by atoms with Crippen LogP contribution in [0.2, 0.25) is 0 Å². The van der Waals surface area contributed by atoms with E-state index in [9.17, 15) is 5.11 Å².